The molecule has 0 radical (unpaired) electrons. The fourth-order valence-corrected chi connectivity index (χ4v) is 3.88. The average molecular weight is 403 g/mol. The summed E-state index contributed by atoms with van der Waals surface area (Å²) in [7, 11) is 0. The number of hydrogen-bond acceptors (Lipinski definition) is 3. The number of amides is 1. The molecular weight excluding hydrogens is 381 g/mol. The van der Waals surface area contributed by atoms with Crippen LogP contribution in [0.15, 0.2) is 53.3 Å². The molecule has 2 aromatic carbocycles. The van der Waals surface area contributed by atoms with Crippen LogP contribution in [-0.2, 0) is 5.54 Å². The van der Waals surface area contributed by atoms with Crippen LogP contribution in [0.2, 0.25) is 0 Å². The van der Waals surface area contributed by atoms with Crippen LogP contribution in [0, 0.1) is 19.7 Å². The Hall–Kier alpha value is -3.54. The minimum atomic E-state index is -0.764. The van der Waals surface area contributed by atoms with Gasteiger partial charge in [0.15, 0.2) is 5.43 Å². The fraction of sp³-hybridized carbons (Fsp3) is 0.208. The zero-order valence-corrected chi connectivity index (χ0v) is 17.3. The van der Waals surface area contributed by atoms with Crippen molar-refractivity contribution in [3.8, 4) is 0 Å². The number of carbonyl (C=O) groups excluding carboxylic acids is 1. The quantitative estimate of drug-likeness (QED) is 0.495. The van der Waals surface area contributed by atoms with E-state index >= 15 is 0 Å². The first-order chi connectivity index (χ1) is 14.2. The molecule has 0 aliphatic carbocycles. The number of benzene rings is 2. The van der Waals surface area contributed by atoms with Gasteiger partial charge in [-0.05, 0) is 63.6 Å². The molecule has 0 atom stereocenters. The van der Waals surface area contributed by atoms with Crippen LogP contribution < -0.4 is 10.7 Å². The van der Waals surface area contributed by atoms with E-state index in [9.17, 15) is 14.0 Å². The molecule has 2 heterocycles. The highest BCUT2D eigenvalue weighted by Gasteiger charge is 2.27. The van der Waals surface area contributed by atoms with Crippen LogP contribution in [-0.4, -0.2) is 15.9 Å². The molecule has 4 aromatic rings. The van der Waals surface area contributed by atoms with Crippen LogP contribution in [0.3, 0.4) is 0 Å². The van der Waals surface area contributed by atoms with Gasteiger partial charge in [-0.2, -0.15) is 0 Å². The standard InChI is InChI=1S/C24H22FN3O2/c1-13-9-10-18(14(2)26-13)24(3,4)28-23(30)16-12-21-17(11-19(16)25)22(29)15-7-5-6-8-20(15)27-21/h5-12H,1-4H3,(H,27,29)(H,28,30). The summed E-state index contributed by atoms with van der Waals surface area (Å²) in [5.41, 5.74) is 2.42. The average Bonchev–Trinajstić information content (AvgIpc) is 2.67. The van der Waals surface area contributed by atoms with Crippen molar-refractivity contribution in [2.45, 2.75) is 33.2 Å². The zero-order valence-electron chi connectivity index (χ0n) is 17.3. The largest absolute Gasteiger partial charge is 0.354 e. The lowest BCUT2D eigenvalue weighted by Crippen LogP contribution is -2.42. The molecule has 2 N–H and O–H groups in total. The van der Waals surface area contributed by atoms with E-state index < -0.39 is 17.3 Å². The molecule has 0 spiro atoms. The van der Waals surface area contributed by atoms with Crippen molar-refractivity contribution in [2.75, 3.05) is 0 Å². The topological polar surface area (TPSA) is 74.8 Å². The molecule has 6 heteroatoms. The van der Waals surface area contributed by atoms with Crippen molar-refractivity contribution in [3.63, 3.8) is 0 Å². The van der Waals surface area contributed by atoms with Crippen LogP contribution in [0.1, 0.15) is 41.2 Å². The van der Waals surface area contributed by atoms with E-state index in [1.54, 1.807) is 18.2 Å². The summed E-state index contributed by atoms with van der Waals surface area (Å²) >= 11 is 0. The van der Waals surface area contributed by atoms with Crippen LogP contribution in [0.25, 0.3) is 21.8 Å². The summed E-state index contributed by atoms with van der Waals surface area (Å²) in [6.07, 6.45) is 0. The first-order valence-corrected chi connectivity index (χ1v) is 9.69. The van der Waals surface area contributed by atoms with Crippen molar-refractivity contribution in [1.82, 2.24) is 15.3 Å². The zero-order chi connectivity index (χ0) is 21.6. The van der Waals surface area contributed by atoms with E-state index in [0.29, 0.717) is 16.4 Å². The van der Waals surface area contributed by atoms with Gasteiger partial charge >= 0.3 is 0 Å². The third-order valence-corrected chi connectivity index (χ3v) is 5.36. The predicted octanol–water partition coefficient (Wildman–Crippen LogP) is 4.50. The van der Waals surface area contributed by atoms with Crippen molar-refractivity contribution >= 4 is 27.7 Å². The second kappa shape index (κ2) is 7.06. The lowest BCUT2D eigenvalue weighted by atomic mass is 9.92. The van der Waals surface area contributed by atoms with Crippen LogP contribution in [0.5, 0.6) is 0 Å². The Balaban J connectivity index is 1.76. The van der Waals surface area contributed by atoms with Crippen molar-refractivity contribution in [1.29, 1.82) is 0 Å². The number of pyridine rings is 2. The number of aromatic amines is 1. The molecule has 0 aliphatic rings. The van der Waals surface area contributed by atoms with Gasteiger partial charge in [0.25, 0.3) is 5.91 Å². The summed E-state index contributed by atoms with van der Waals surface area (Å²) in [6, 6.07) is 13.3. The SMILES string of the molecule is Cc1ccc(C(C)(C)NC(=O)c2cc3[nH]c4ccccc4c(=O)c3cc2F)c(C)n1. The summed E-state index contributed by atoms with van der Waals surface area (Å²) in [6.45, 7) is 7.47. The maximum atomic E-state index is 14.8. The number of carbonyl (C=O) groups is 1. The van der Waals surface area contributed by atoms with Gasteiger partial charge in [-0.25, -0.2) is 4.39 Å². The molecule has 0 fully saturated rings. The molecule has 5 nitrogen and oxygen atoms in total. The molecule has 1 amide bonds. The predicted molar refractivity (Wildman–Crippen MR) is 116 cm³/mol. The second-order valence-corrected chi connectivity index (χ2v) is 8.04. The van der Waals surface area contributed by atoms with Crippen LogP contribution >= 0.6 is 0 Å². The number of nitrogens with zero attached hydrogens (tertiary/aromatic N) is 1. The fourth-order valence-electron chi connectivity index (χ4n) is 3.88. The Labute approximate surface area is 173 Å². The third-order valence-electron chi connectivity index (χ3n) is 5.36. The number of aryl methyl sites for hydroxylation is 2. The first-order valence-electron chi connectivity index (χ1n) is 9.69. The van der Waals surface area contributed by atoms with Crippen molar-refractivity contribution < 1.29 is 9.18 Å². The number of fused-ring (bicyclic) bond motifs is 2. The molecule has 2 aromatic heterocycles. The van der Waals surface area contributed by atoms with E-state index in [1.807, 2.05) is 45.9 Å². The minimum Gasteiger partial charge on any atom is -0.354 e. The molecule has 4 rings (SSSR count). The highest BCUT2D eigenvalue weighted by Crippen LogP contribution is 2.25. The molecule has 0 bridgehead atoms. The van der Waals surface area contributed by atoms with Gasteiger partial charge in [0.2, 0.25) is 0 Å². The number of halogens is 1. The molecule has 0 saturated carbocycles. The maximum Gasteiger partial charge on any atom is 0.255 e. The van der Waals surface area contributed by atoms with E-state index in [0.717, 1.165) is 23.0 Å². The lowest BCUT2D eigenvalue weighted by molar-refractivity contribution is 0.0908. The van der Waals surface area contributed by atoms with Crippen molar-refractivity contribution in [3.05, 3.63) is 87.1 Å². The Bertz CT molecular complexity index is 1370. The smallest absolute Gasteiger partial charge is 0.255 e. The first kappa shape index (κ1) is 19.8. The third kappa shape index (κ3) is 3.34. The van der Waals surface area contributed by atoms with Gasteiger partial charge in [0.1, 0.15) is 5.82 Å². The van der Waals surface area contributed by atoms with E-state index in [2.05, 4.69) is 15.3 Å². The minimum absolute atomic E-state index is 0.126. The molecule has 0 unspecified atom stereocenters. The molecule has 0 saturated heterocycles. The molecule has 30 heavy (non-hydrogen) atoms. The monoisotopic (exact) mass is 403 g/mol. The van der Waals surface area contributed by atoms with E-state index in [4.69, 9.17) is 0 Å². The molecule has 152 valence electrons. The highest BCUT2D eigenvalue weighted by molar-refractivity contribution is 6.00. The van der Waals surface area contributed by atoms with Gasteiger partial charge in [0.05, 0.1) is 16.6 Å². The number of hydrogen-bond donors (Lipinski definition) is 2. The lowest BCUT2D eigenvalue weighted by Gasteiger charge is -2.28. The van der Waals surface area contributed by atoms with Gasteiger partial charge < -0.3 is 10.3 Å². The second-order valence-electron chi connectivity index (χ2n) is 8.04. The summed E-state index contributed by atoms with van der Waals surface area (Å²) in [5.74, 6) is -1.30. The number of H-pyrrole nitrogens is 1. The number of aromatic nitrogens is 2. The van der Waals surface area contributed by atoms with E-state index in [-0.39, 0.29) is 16.4 Å². The van der Waals surface area contributed by atoms with Gasteiger partial charge in [0, 0.05) is 27.7 Å². The Morgan fingerprint density at radius 3 is 2.50 bits per heavy atom. The van der Waals surface area contributed by atoms with Gasteiger partial charge in [-0.1, -0.05) is 18.2 Å². The summed E-state index contributed by atoms with van der Waals surface area (Å²) < 4.78 is 14.8. The normalized spacial score (nSPS) is 11.8. The molecular formula is C24H22FN3O2. The van der Waals surface area contributed by atoms with Gasteiger partial charge in [-0.15, -0.1) is 0 Å². The summed E-state index contributed by atoms with van der Waals surface area (Å²) in [4.78, 5) is 33.2. The molecule has 0 aliphatic heterocycles. The number of nitrogens with one attached hydrogen (secondary N) is 2. The van der Waals surface area contributed by atoms with Gasteiger partial charge in [-0.3, -0.25) is 14.6 Å². The number of para-hydroxylation sites is 1. The van der Waals surface area contributed by atoms with Crippen molar-refractivity contribution in [2.24, 2.45) is 0 Å². The Kier molecular flexibility index (Phi) is 4.65. The highest BCUT2D eigenvalue weighted by atomic mass is 19.1. The number of rotatable bonds is 3. The Morgan fingerprint density at radius 2 is 1.77 bits per heavy atom. The Morgan fingerprint density at radius 1 is 1.03 bits per heavy atom. The van der Waals surface area contributed by atoms with Crippen LogP contribution in [0.4, 0.5) is 4.39 Å². The maximum absolute atomic E-state index is 14.8. The van der Waals surface area contributed by atoms with E-state index in [1.165, 1.54) is 6.07 Å². The summed E-state index contributed by atoms with van der Waals surface area (Å²) in [5, 5.41) is 3.58.